The molecule has 0 aliphatic heterocycles. The molecule has 32 heavy (non-hydrogen) atoms. The smallest absolute Gasteiger partial charge is 0.255 e. The van der Waals surface area contributed by atoms with E-state index in [1.165, 1.54) is 0 Å². The third kappa shape index (κ3) is 6.83. The van der Waals surface area contributed by atoms with Gasteiger partial charge in [0.2, 0.25) is 5.91 Å². The van der Waals surface area contributed by atoms with Crippen LogP contribution in [0.5, 0.6) is 5.75 Å². The fourth-order valence-electron chi connectivity index (χ4n) is 3.19. The Balaban J connectivity index is 1.48. The number of nitrogens with one attached hydrogen (secondary N) is 2. The van der Waals surface area contributed by atoms with E-state index in [1.54, 1.807) is 43.5 Å². The lowest BCUT2D eigenvalue weighted by atomic mass is 10.1. The molecule has 2 amide bonds. The summed E-state index contributed by atoms with van der Waals surface area (Å²) in [5.41, 5.74) is 2.82. The molecule has 7 heteroatoms. The van der Waals surface area contributed by atoms with Gasteiger partial charge in [-0.15, -0.1) is 0 Å². The maximum absolute atomic E-state index is 12.5. The molecule has 3 rings (SSSR count). The second-order valence-corrected chi connectivity index (χ2v) is 7.83. The van der Waals surface area contributed by atoms with Gasteiger partial charge in [0, 0.05) is 35.8 Å². The highest BCUT2D eigenvalue weighted by atomic mass is 35.5. The van der Waals surface area contributed by atoms with E-state index >= 15 is 0 Å². The van der Waals surface area contributed by atoms with Gasteiger partial charge in [0.1, 0.15) is 5.75 Å². The summed E-state index contributed by atoms with van der Waals surface area (Å²) in [5.74, 6) is 0.245. The Bertz CT molecular complexity index is 1070. The third-order valence-electron chi connectivity index (χ3n) is 4.85. The minimum atomic E-state index is -0.255. The first-order chi connectivity index (χ1) is 15.4. The number of halogens is 1. The predicted octanol–water partition coefficient (Wildman–Crippen LogP) is 5.06. The number of carbonyl (C=O) groups is 2. The summed E-state index contributed by atoms with van der Waals surface area (Å²) in [7, 11) is 3.51. The highest BCUT2D eigenvalue weighted by molar-refractivity contribution is 6.30. The van der Waals surface area contributed by atoms with Crippen molar-refractivity contribution in [2.45, 2.75) is 13.0 Å². The number of methoxy groups -OCH3 is 1. The molecule has 0 atom stereocenters. The average molecular weight is 452 g/mol. The Morgan fingerprint density at radius 1 is 0.969 bits per heavy atom. The van der Waals surface area contributed by atoms with Crippen molar-refractivity contribution in [3.05, 3.63) is 88.9 Å². The molecule has 0 spiro atoms. The Hall–Kier alpha value is -3.35. The second kappa shape index (κ2) is 11.3. The lowest BCUT2D eigenvalue weighted by molar-refractivity contribution is -0.116. The molecular weight excluding hydrogens is 426 g/mol. The van der Waals surface area contributed by atoms with Crippen molar-refractivity contribution < 1.29 is 14.3 Å². The summed E-state index contributed by atoms with van der Waals surface area (Å²) in [5, 5.41) is 6.40. The molecule has 0 heterocycles. The summed E-state index contributed by atoms with van der Waals surface area (Å²) < 4.78 is 5.25. The Kier molecular flexibility index (Phi) is 8.25. The molecule has 0 bridgehead atoms. The molecule has 0 unspecified atom stereocenters. The minimum absolute atomic E-state index is 0.0887. The van der Waals surface area contributed by atoms with Crippen LogP contribution in [0.3, 0.4) is 0 Å². The van der Waals surface area contributed by atoms with Crippen molar-refractivity contribution in [1.29, 1.82) is 0 Å². The standard InChI is InChI=1S/C25H26ClN3O3/c1-29(17-18-6-5-7-20(26)16-18)15-14-24(30)27-21-12-10-19(11-13-21)25(31)28-22-8-3-4-9-23(22)32-2/h3-13,16H,14-15,17H2,1-2H3,(H,27,30)(H,28,31). The van der Waals surface area contributed by atoms with Crippen molar-refractivity contribution in [2.24, 2.45) is 0 Å². The van der Waals surface area contributed by atoms with Gasteiger partial charge in [-0.25, -0.2) is 0 Å². The minimum Gasteiger partial charge on any atom is -0.495 e. The predicted molar refractivity (Wildman–Crippen MR) is 128 cm³/mol. The lowest BCUT2D eigenvalue weighted by Crippen LogP contribution is -2.24. The topological polar surface area (TPSA) is 70.7 Å². The number of para-hydroxylation sites is 2. The van der Waals surface area contributed by atoms with Crippen molar-refractivity contribution in [3.8, 4) is 5.75 Å². The second-order valence-electron chi connectivity index (χ2n) is 7.40. The number of rotatable bonds is 9. The third-order valence-corrected chi connectivity index (χ3v) is 5.08. The van der Waals surface area contributed by atoms with E-state index in [-0.39, 0.29) is 11.8 Å². The normalized spacial score (nSPS) is 10.6. The number of hydrogen-bond acceptors (Lipinski definition) is 4. The van der Waals surface area contributed by atoms with Gasteiger partial charge in [-0.05, 0) is 61.1 Å². The summed E-state index contributed by atoms with van der Waals surface area (Å²) in [6, 6.07) is 21.7. The van der Waals surface area contributed by atoms with Crippen LogP contribution < -0.4 is 15.4 Å². The molecule has 3 aromatic rings. The van der Waals surface area contributed by atoms with E-state index in [0.29, 0.717) is 47.2 Å². The SMILES string of the molecule is COc1ccccc1NC(=O)c1ccc(NC(=O)CCN(C)Cc2cccc(Cl)c2)cc1. The van der Waals surface area contributed by atoms with Crippen molar-refractivity contribution in [1.82, 2.24) is 4.90 Å². The van der Waals surface area contributed by atoms with E-state index < -0.39 is 0 Å². The lowest BCUT2D eigenvalue weighted by Gasteiger charge is -2.16. The zero-order valence-corrected chi connectivity index (χ0v) is 18.9. The van der Waals surface area contributed by atoms with Gasteiger partial charge in [0.25, 0.3) is 5.91 Å². The number of ether oxygens (including phenoxy) is 1. The van der Waals surface area contributed by atoms with Gasteiger partial charge >= 0.3 is 0 Å². The van der Waals surface area contributed by atoms with Crippen LogP contribution >= 0.6 is 11.6 Å². The molecular formula is C25H26ClN3O3. The van der Waals surface area contributed by atoms with Gasteiger partial charge in [-0.1, -0.05) is 35.9 Å². The van der Waals surface area contributed by atoms with Crippen LogP contribution in [0.15, 0.2) is 72.8 Å². The summed E-state index contributed by atoms with van der Waals surface area (Å²) in [6.45, 7) is 1.32. The Labute approximate surface area is 193 Å². The monoisotopic (exact) mass is 451 g/mol. The van der Waals surface area contributed by atoms with Crippen molar-refractivity contribution in [3.63, 3.8) is 0 Å². The first-order valence-corrected chi connectivity index (χ1v) is 10.6. The molecule has 2 N–H and O–H groups in total. The largest absolute Gasteiger partial charge is 0.495 e. The highest BCUT2D eigenvalue weighted by Gasteiger charge is 2.10. The van der Waals surface area contributed by atoms with Gasteiger partial charge in [-0.2, -0.15) is 0 Å². The van der Waals surface area contributed by atoms with Gasteiger partial charge in [-0.3, -0.25) is 9.59 Å². The summed E-state index contributed by atoms with van der Waals surface area (Å²) >= 11 is 6.02. The van der Waals surface area contributed by atoms with Crippen molar-refractivity contribution in [2.75, 3.05) is 31.3 Å². The van der Waals surface area contributed by atoms with Crippen LogP contribution in [0.4, 0.5) is 11.4 Å². The highest BCUT2D eigenvalue weighted by Crippen LogP contribution is 2.24. The molecule has 0 fully saturated rings. The molecule has 0 aromatic heterocycles. The van der Waals surface area contributed by atoms with E-state index in [0.717, 1.165) is 5.56 Å². The number of anilines is 2. The molecule has 0 radical (unpaired) electrons. The first kappa shape index (κ1) is 23.3. The zero-order valence-electron chi connectivity index (χ0n) is 18.1. The number of benzene rings is 3. The maximum atomic E-state index is 12.5. The summed E-state index contributed by atoms with van der Waals surface area (Å²) in [6.07, 6.45) is 0.354. The first-order valence-electron chi connectivity index (χ1n) is 10.2. The number of nitrogens with zero attached hydrogens (tertiary/aromatic N) is 1. The summed E-state index contributed by atoms with van der Waals surface area (Å²) in [4.78, 5) is 26.9. The van der Waals surface area contributed by atoms with Crippen LogP contribution in [0.25, 0.3) is 0 Å². The quantitative estimate of drug-likeness (QED) is 0.477. The molecule has 166 valence electrons. The average Bonchev–Trinajstić information content (AvgIpc) is 2.78. The van der Waals surface area contributed by atoms with Crippen LogP contribution in [0, 0.1) is 0 Å². The van der Waals surface area contributed by atoms with E-state index in [2.05, 4.69) is 15.5 Å². The number of hydrogen-bond donors (Lipinski definition) is 2. The maximum Gasteiger partial charge on any atom is 0.255 e. The fourth-order valence-corrected chi connectivity index (χ4v) is 3.40. The van der Waals surface area contributed by atoms with Gasteiger partial charge < -0.3 is 20.3 Å². The van der Waals surface area contributed by atoms with Crippen LogP contribution in [0.2, 0.25) is 5.02 Å². The molecule has 0 aliphatic carbocycles. The number of amides is 2. The van der Waals surface area contributed by atoms with Crippen molar-refractivity contribution >= 4 is 34.8 Å². The van der Waals surface area contributed by atoms with E-state index in [9.17, 15) is 9.59 Å². The van der Waals surface area contributed by atoms with Crippen LogP contribution in [0.1, 0.15) is 22.3 Å². The van der Waals surface area contributed by atoms with Gasteiger partial charge in [0.15, 0.2) is 0 Å². The Morgan fingerprint density at radius 2 is 1.72 bits per heavy atom. The molecule has 3 aromatic carbocycles. The van der Waals surface area contributed by atoms with Crippen LogP contribution in [-0.2, 0) is 11.3 Å². The van der Waals surface area contributed by atoms with E-state index in [1.807, 2.05) is 43.4 Å². The molecule has 0 saturated heterocycles. The van der Waals surface area contributed by atoms with Crippen LogP contribution in [-0.4, -0.2) is 37.4 Å². The number of carbonyl (C=O) groups excluding carboxylic acids is 2. The molecule has 0 saturated carbocycles. The molecule has 0 aliphatic rings. The van der Waals surface area contributed by atoms with Gasteiger partial charge in [0.05, 0.1) is 12.8 Å². The molecule has 6 nitrogen and oxygen atoms in total. The van der Waals surface area contributed by atoms with E-state index in [4.69, 9.17) is 16.3 Å². The zero-order chi connectivity index (χ0) is 22.9. The fraction of sp³-hybridized carbons (Fsp3) is 0.200. The Morgan fingerprint density at radius 3 is 2.44 bits per heavy atom.